The highest BCUT2D eigenvalue weighted by atomic mass is 32.1. The molecule has 0 rings (SSSR count). The van der Waals surface area contributed by atoms with Crippen molar-refractivity contribution in [3.8, 4) is 0 Å². The van der Waals surface area contributed by atoms with E-state index in [0.29, 0.717) is 5.75 Å². The topological polar surface area (TPSA) is 20.2 Å². The first kappa shape index (κ1) is 9.22. The normalized spacial score (nSPS) is 6.00. The predicted octanol–water partition coefficient (Wildman–Crippen LogP) is -0.0334. The van der Waals surface area contributed by atoms with Crippen LogP contribution in [0.15, 0.2) is 0 Å². The van der Waals surface area contributed by atoms with Crippen molar-refractivity contribution in [2.75, 3.05) is 12.4 Å². The molecule has 0 aromatic carbocycles. The fourth-order valence-corrected chi connectivity index (χ4v) is 0. The number of aliphatic hydroxyl groups is 1. The van der Waals surface area contributed by atoms with Gasteiger partial charge in [0.05, 0.1) is 6.61 Å². The van der Waals surface area contributed by atoms with Crippen LogP contribution in [0, 0.1) is 0 Å². The molecule has 1 atom stereocenters. The first-order chi connectivity index (χ1) is 1.91. The van der Waals surface area contributed by atoms with Crippen molar-refractivity contribution in [2.24, 2.45) is 0 Å². The first-order valence-corrected chi connectivity index (χ1v) is 1.76. The second kappa shape index (κ2) is 8.83. The molecule has 5 heavy (non-hydrogen) atoms. The molecule has 1 nitrogen and oxygen atoms in total. The standard InChI is InChI=1S/C2H6OS.H3P/c3-1-2-4;/h3-4H,1-2H2;1H3. The Morgan fingerprint density at radius 2 is 1.80 bits per heavy atom. The zero-order valence-electron chi connectivity index (χ0n) is 3.02. The van der Waals surface area contributed by atoms with Crippen LogP contribution < -0.4 is 0 Å². The molecular weight excluding hydrogens is 103 g/mol. The monoisotopic (exact) mass is 112 g/mol. The van der Waals surface area contributed by atoms with Crippen LogP contribution in [0.5, 0.6) is 0 Å². The molecule has 0 amide bonds. The molecule has 0 bridgehead atoms. The van der Waals surface area contributed by atoms with Crippen LogP contribution in [0.2, 0.25) is 0 Å². The summed E-state index contributed by atoms with van der Waals surface area (Å²) in [5.41, 5.74) is 0. The minimum absolute atomic E-state index is 0. The van der Waals surface area contributed by atoms with Crippen molar-refractivity contribution >= 4 is 22.5 Å². The average molecular weight is 112 g/mol. The molecule has 0 heterocycles. The molecule has 1 N–H and O–H groups in total. The zero-order chi connectivity index (χ0) is 3.41. The lowest BCUT2D eigenvalue weighted by atomic mass is 10.9. The van der Waals surface area contributed by atoms with Crippen LogP contribution in [-0.4, -0.2) is 17.5 Å². The molecule has 0 fully saturated rings. The fourth-order valence-electron chi connectivity index (χ4n) is 0. The van der Waals surface area contributed by atoms with Gasteiger partial charge in [-0.25, -0.2) is 0 Å². The molecule has 0 saturated heterocycles. The zero-order valence-corrected chi connectivity index (χ0v) is 5.32. The van der Waals surface area contributed by atoms with Crippen molar-refractivity contribution in [1.29, 1.82) is 0 Å². The van der Waals surface area contributed by atoms with Crippen LogP contribution >= 0.6 is 22.5 Å². The van der Waals surface area contributed by atoms with Gasteiger partial charge in [-0.15, -0.1) is 0 Å². The van der Waals surface area contributed by atoms with Crippen molar-refractivity contribution in [3.05, 3.63) is 0 Å². The summed E-state index contributed by atoms with van der Waals surface area (Å²) in [5, 5.41) is 7.80. The van der Waals surface area contributed by atoms with E-state index in [0.717, 1.165) is 0 Å². The summed E-state index contributed by atoms with van der Waals surface area (Å²) in [6.07, 6.45) is 0. The van der Waals surface area contributed by atoms with Gasteiger partial charge in [0.15, 0.2) is 0 Å². The number of rotatable bonds is 1. The minimum atomic E-state index is 0. The summed E-state index contributed by atoms with van der Waals surface area (Å²) >= 11 is 3.67. The third-order valence-electron chi connectivity index (χ3n) is 0.1000. The van der Waals surface area contributed by atoms with Crippen molar-refractivity contribution < 1.29 is 5.11 Å². The highest BCUT2D eigenvalue weighted by Gasteiger charge is 1.57. The highest BCUT2D eigenvalue weighted by molar-refractivity contribution is 7.80. The largest absolute Gasteiger partial charge is 0.396 e. The SMILES string of the molecule is OCCS.P. The van der Waals surface area contributed by atoms with Crippen molar-refractivity contribution in [3.63, 3.8) is 0 Å². The van der Waals surface area contributed by atoms with E-state index >= 15 is 0 Å². The van der Waals surface area contributed by atoms with E-state index in [4.69, 9.17) is 5.11 Å². The highest BCUT2D eigenvalue weighted by Crippen LogP contribution is 1.61. The number of hydrogen-bond acceptors (Lipinski definition) is 2. The quantitative estimate of drug-likeness (QED) is 0.360. The van der Waals surface area contributed by atoms with E-state index in [-0.39, 0.29) is 16.5 Å². The van der Waals surface area contributed by atoms with Gasteiger partial charge in [-0.2, -0.15) is 22.5 Å². The van der Waals surface area contributed by atoms with Gasteiger partial charge in [-0.3, -0.25) is 0 Å². The summed E-state index contributed by atoms with van der Waals surface area (Å²) < 4.78 is 0. The molecule has 0 saturated carbocycles. The van der Waals surface area contributed by atoms with Gasteiger partial charge in [0.1, 0.15) is 0 Å². The fraction of sp³-hybridized carbons (Fsp3) is 1.00. The summed E-state index contributed by atoms with van der Waals surface area (Å²) in [6.45, 7) is 0.184. The third kappa shape index (κ3) is 11.8. The summed E-state index contributed by atoms with van der Waals surface area (Å²) in [7, 11) is 0. The maximum atomic E-state index is 7.80. The average Bonchev–Trinajstić information content (AvgIpc) is 1.37. The van der Waals surface area contributed by atoms with Crippen LogP contribution in [0.3, 0.4) is 0 Å². The predicted molar refractivity (Wildman–Crippen MR) is 32.0 cm³/mol. The van der Waals surface area contributed by atoms with Gasteiger partial charge in [0.2, 0.25) is 0 Å². The molecule has 0 aliphatic heterocycles. The van der Waals surface area contributed by atoms with E-state index in [9.17, 15) is 0 Å². The lowest BCUT2D eigenvalue weighted by Gasteiger charge is -1.69. The summed E-state index contributed by atoms with van der Waals surface area (Å²) in [6, 6.07) is 0. The van der Waals surface area contributed by atoms with Gasteiger partial charge in [0, 0.05) is 5.75 Å². The lowest BCUT2D eigenvalue weighted by Crippen LogP contribution is -1.76. The molecule has 1 unspecified atom stereocenters. The lowest BCUT2D eigenvalue weighted by molar-refractivity contribution is 0.323. The van der Waals surface area contributed by atoms with Gasteiger partial charge in [-0.1, -0.05) is 0 Å². The van der Waals surface area contributed by atoms with E-state index < -0.39 is 0 Å². The first-order valence-electron chi connectivity index (χ1n) is 1.13. The maximum Gasteiger partial charge on any atom is 0.0519 e. The number of hydrogen-bond donors (Lipinski definition) is 2. The molecule has 0 aromatic heterocycles. The minimum Gasteiger partial charge on any atom is -0.396 e. The summed E-state index contributed by atoms with van der Waals surface area (Å²) in [4.78, 5) is 0. The van der Waals surface area contributed by atoms with Gasteiger partial charge < -0.3 is 5.11 Å². The Hall–Kier alpha value is 0.740. The van der Waals surface area contributed by atoms with Crippen molar-refractivity contribution in [2.45, 2.75) is 0 Å². The number of aliphatic hydroxyl groups excluding tert-OH is 1. The van der Waals surface area contributed by atoms with Gasteiger partial charge >= 0.3 is 0 Å². The van der Waals surface area contributed by atoms with Crippen LogP contribution in [0.4, 0.5) is 0 Å². The molecule has 0 radical (unpaired) electrons. The van der Waals surface area contributed by atoms with E-state index in [1.807, 2.05) is 0 Å². The van der Waals surface area contributed by atoms with E-state index in [1.165, 1.54) is 0 Å². The molecule has 0 aliphatic carbocycles. The Morgan fingerprint density at radius 3 is 1.80 bits per heavy atom. The molecule has 0 aromatic rings. The molecule has 3 heteroatoms. The van der Waals surface area contributed by atoms with Crippen LogP contribution in [0.1, 0.15) is 0 Å². The maximum absolute atomic E-state index is 7.80. The molecule has 0 aliphatic rings. The summed E-state index contributed by atoms with van der Waals surface area (Å²) in [5.74, 6) is 0.569. The third-order valence-corrected chi connectivity index (χ3v) is 0.300. The Balaban J connectivity index is 0. The Bertz CT molecular complexity index is 11.6. The smallest absolute Gasteiger partial charge is 0.0519 e. The van der Waals surface area contributed by atoms with Crippen molar-refractivity contribution in [1.82, 2.24) is 0 Å². The Kier molecular flexibility index (Phi) is 16.3. The molecule has 34 valence electrons. The Morgan fingerprint density at radius 1 is 1.60 bits per heavy atom. The number of thiol groups is 1. The second-order valence-electron chi connectivity index (χ2n) is 0.447. The second-order valence-corrected chi connectivity index (χ2v) is 0.894. The van der Waals surface area contributed by atoms with Gasteiger partial charge in [-0.05, 0) is 0 Å². The Labute approximate surface area is 40.8 Å². The van der Waals surface area contributed by atoms with E-state index in [2.05, 4.69) is 12.6 Å². The van der Waals surface area contributed by atoms with Crippen LogP contribution in [0.25, 0.3) is 0 Å². The molecular formula is C2H9OPS. The molecule has 0 spiro atoms. The van der Waals surface area contributed by atoms with Gasteiger partial charge in [0.25, 0.3) is 0 Å². The van der Waals surface area contributed by atoms with E-state index in [1.54, 1.807) is 0 Å². The van der Waals surface area contributed by atoms with Crippen LogP contribution in [-0.2, 0) is 0 Å².